The standard InChI is InChI=1S/C12H20ClN3/c1-5-14-8-11-10(13)6-7-12(15-11)16(4)9(2)3/h6-7,9,14H,5,8H2,1-4H3. The van der Waals surface area contributed by atoms with E-state index in [-0.39, 0.29) is 0 Å². The molecule has 0 atom stereocenters. The van der Waals surface area contributed by atoms with Gasteiger partial charge in [0.2, 0.25) is 0 Å². The second-order valence-corrected chi connectivity index (χ2v) is 4.49. The topological polar surface area (TPSA) is 28.2 Å². The van der Waals surface area contributed by atoms with Crippen molar-refractivity contribution in [2.24, 2.45) is 0 Å². The molecule has 0 amide bonds. The molecule has 1 heterocycles. The average molecular weight is 242 g/mol. The zero-order valence-corrected chi connectivity index (χ0v) is 11.2. The molecule has 0 aliphatic rings. The Bertz CT molecular complexity index is 339. The van der Waals surface area contributed by atoms with Crippen LogP contribution in [-0.4, -0.2) is 24.6 Å². The van der Waals surface area contributed by atoms with Crippen molar-refractivity contribution >= 4 is 17.4 Å². The van der Waals surface area contributed by atoms with Gasteiger partial charge in [-0.05, 0) is 32.5 Å². The number of pyridine rings is 1. The molecule has 0 saturated heterocycles. The number of nitrogens with one attached hydrogen (secondary N) is 1. The number of nitrogens with zero attached hydrogens (tertiary/aromatic N) is 2. The minimum absolute atomic E-state index is 0.431. The molecule has 0 unspecified atom stereocenters. The second-order valence-electron chi connectivity index (χ2n) is 4.08. The fourth-order valence-corrected chi connectivity index (χ4v) is 1.47. The molecule has 16 heavy (non-hydrogen) atoms. The van der Waals surface area contributed by atoms with Crippen LogP contribution in [0.5, 0.6) is 0 Å². The Balaban J connectivity index is 2.88. The average Bonchev–Trinajstić information content (AvgIpc) is 2.27. The lowest BCUT2D eigenvalue weighted by molar-refractivity contribution is 0.700. The number of anilines is 1. The minimum atomic E-state index is 0.431. The van der Waals surface area contributed by atoms with Gasteiger partial charge >= 0.3 is 0 Å². The Morgan fingerprint density at radius 1 is 1.44 bits per heavy atom. The van der Waals surface area contributed by atoms with Crippen molar-refractivity contribution in [3.63, 3.8) is 0 Å². The summed E-state index contributed by atoms with van der Waals surface area (Å²) in [5.41, 5.74) is 0.911. The summed E-state index contributed by atoms with van der Waals surface area (Å²) in [5.74, 6) is 0.965. The SMILES string of the molecule is CCNCc1nc(N(C)C(C)C)ccc1Cl. The maximum atomic E-state index is 6.10. The van der Waals surface area contributed by atoms with Crippen molar-refractivity contribution in [1.29, 1.82) is 0 Å². The molecular weight excluding hydrogens is 222 g/mol. The van der Waals surface area contributed by atoms with E-state index in [4.69, 9.17) is 11.6 Å². The van der Waals surface area contributed by atoms with Crippen LogP contribution in [0.15, 0.2) is 12.1 Å². The highest BCUT2D eigenvalue weighted by atomic mass is 35.5. The summed E-state index contributed by atoms with van der Waals surface area (Å²) in [5, 5.41) is 3.96. The van der Waals surface area contributed by atoms with Crippen molar-refractivity contribution in [1.82, 2.24) is 10.3 Å². The molecule has 1 aromatic rings. The zero-order valence-electron chi connectivity index (χ0n) is 10.4. The van der Waals surface area contributed by atoms with E-state index >= 15 is 0 Å². The van der Waals surface area contributed by atoms with Crippen molar-refractivity contribution in [3.05, 3.63) is 22.8 Å². The van der Waals surface area contributed by atoms with E-state index < -0.39 is 0 Å². The summed E-state index contributed by atoms with van der Waals surface area (Å²) in [4.78, 5) is 6.69. The lowest BCUT2D eigenvalue weighted by Gasteiger charge is -2.23. The van der Waals surface area contributed by atoms with Gasteiger partial charge < -0.3 is 10.2 Å². The van der Waals surface area contributed by atoms with E-state index in [9.17, 15) is 0 Å². The van der Waals surface area contributed by atoms with E-state index in [2.05, 4.69) is 36.0 Å². The molecule has 1 N–H and O–H groups in total. The molecule has 0 radical (unpaired) electrons. The van der Waals surface area contributed by atoms with Crippen LogP contribution >= 0.6 is 11.6 Å². The summed E-state index contributed by atoms with van der Waals surface area (Å²) in [6.45, 7) is 7.98. The van der Waals surface area contributed by atoms with Gasteiger partial charge in [-0.25, -0.2) is 4.98 Å². The third-order valence-corrected chi connectivity index (χ3v) is 2.93. The molecule has 0 saturated carbocycles. The van der Waals surface area contributed by atoms with Crippen molar-refractivity contribution in [2.45, 2.75) is 33.4 Å². The number of halogens is 1. The van der Waals surface area contributed by atoms with Crippen LogP contribution in [-0.2, 0) is 6.54 Å². The summed E-state index contributed by atoms with van der Waals surface area (Å²) in [6, 6.07) is 4.30. The third-order valence-electron chi connectivity index (χ3n) is 2.58. The van der Waals surface area contributed by atoms with Gasteiger partial charge in [0.1, 0.15) is 5.82 Å². The minimum Gasteiger partial charge on any atom is -0.357 e. The predicted molar refractivity (Wildman–Crippen MR) is 70.2 cm³/mol. The van der Waals surface area contributed by atoms with Gasteiger partial charge in [0.25, 0.3) is 0 Å². The Kier molecular flexibility index (Phi) is 5.03. The predicted octanol–water partition coefficient (Wildman–Crippen LogP) is 2.69. The molecule has 0 fully saturated rings. The largest absolute Gasteiger partial charge is 0.357 e. The van der Waals surface area contributed by atoms with Gasteiger partial charge in [0.15, 0.2) is 0 Å². The van der Waals surface area contributed by atoms with Gasteiger partial charge in [0, 0.05) is 19.6 Å². The second kappa shape index (κ2) is 6.06. The summed E-state index contributed by atoms with van der Waals surface area (Å²) < 4.78 is 0. The van der Waals surface area contributed by atoms with Crippen LogP contribution < -0.4 is 10.2 Å². The summed E-state index contributed by atoms with van der Waals surface area (Å²) >= 11 is 6.10. The molecule has 0 aromatic carbocycles. The zero-order chi connectivity index (χ0) is 12.1. The molecule has 90 valence electrons. The normalized spacial score (nSPS) is 10.9. The van der Waals surface area contributed by atoms with Crippen LogP contribution in [0.1, 0.15) is 26.5 Å². The highest BCUT2D eigenvalue weighted by Gasteiger charge is 2.09. The van der Waals surface area contributed by atoms with Crippen LogP contribution in [0.25, 0.3) is 0 Å². The monoisotopic (exact) mass is 241 g/mol. The fourth-order valence-electron chi connectivity index (χ4n) is 1.30. The van der Waals surface area contributed by atoms with Gasteiger partial charge in [-0.3, -0.25) is 0 Å². The molecule has 0 aliphatic carbocycles. The Morgan fingerprint density at radius 3 is 2.69 bits per heavy atom. The van der Waals surface area contributed by atoms with Gasteiger partial charge in [-0.15, -0.1) is 0 Å². The number of aromatic nitrogens is 1. The first-order valence-electron chi connectivity index (χ1n) is 5.65. The molecule has 1 rings (SSSR count). The van der Waals surface area contributed by atoms with E-state index in [1.54, 1.807) is 0 Å². The summed E-state index contributed by atoms with van der Waals surface area (Å²) in [7, 11) is 2.04. The number of hydrogen-bond donors (Lipinski definition) is 1. The first-order valence-corrected chi connectivity index (χ1v) is 6.03. The molecule has 0 spiro atoms. The first kappa shape index (κ1) is 13.3. The Labute approximate surface area is 103 Å². The molecule has 4 heteroatoms. The molecule has 0 bridgehead atoms. The lowest BCUT2D eigenvalue weighted by atomic mass is 10.3. The van der Waals surface area contributed by atoms with Gasteiger partial charge in [-0.1, -0.05) is 18.5 Å². The van der Waals surface area contributed by atoms with Gasteiger partial charge in [0.05, 0.1) is 10.7 Å². The van der Waals surface area contributed by atoms with Crippen molar-refractivity contribution < 1.29 is 0 Å². The molecule has 0 aliphatic heterocycles. The fraction of sp³-hybridized carbons (Fsp3) is 0.583. The molecular formula is C12H20ClN3. The van der Waals surface area contributed by atoms with E-state index in [0.29, 0.717) is 6.04 Å². The Morgan fingerprint density at radius 2 is 2.12 bits per heavy atom. The van der Waals surface area contributed by atoms with Crippen molar-refractivity contribution in [3.8, 4) is 0 Å². The van der Waals surface area contributed by atoms with Crippen molar-refractivity contribution in [2.75, 3.05) is 18.5 Å². The molecule has 3 nitrogen and oxygen atoms in total. The van der Waals surface area contributed by atoms with Crippen LogP contribution in [0.2, 0.25) is 5.02 Å². The van der Waals surface area contributed by atoms with Gasteiger partial charge in [-0.2, -0.15) is 0 Å². The number of hydrogen-bond acceptors (Lipinski definition) is 3. The van der Waals surface area contributed by atoms with E-state index in [1.165, 1.54) is 0 Å². The summed E-state index contributed by atoms with van der Waals surface area (Å²) in [6.07, 6.45) is 0. The van der Waals surface area contributed by atoms with Crippen LogP contribution in [0.4, 0.5) is 5.82 Å². The number of rotatable bonds is 5. The maximum absolute atomic E-state index is 6.10. The third kappa shape index (κ3) is 3.35. The van der Waals surface area contributed by atoms with Crippen LogP contribution in [0, 0.1) is 0 Å². The quantitative estimate of drug-likeness (QED) is 0.859. The molecule has 1 aromatic heterocycles. The highest BCUT2D eigenvalue weighted by Crippen LogP contribution is 2.19. The van der Waals surface area contributed by atoms with Crippen LogP contribution in [0.3, 0.4) is 0 Å². The van der Waals surface area contributed by atoms with E-state index in [1.807, 2.05) is 19.2 Å². The lowest BCUT2D eigenvalue weighted by Crippen LogP contribution is -2.27. The Hall–Kier alpha value is -0.800. The maximum Gasteiger partial charge on any atom is 0.128 e. The highest BCUT2D eigenvalue weighted by molar-refractivity contribution is 6.31. The first-order chi connectivity index (χ1) is 7.56. The van der Waals surface area contributed by atoms with E-state index in [0.717, 1.165) is 29.6 Å². The smallest absolute Gasteiger partial charge is 0.128 e.